The van der Waals surface area contributed by atoms with Crippen LogP contribution in [0.2, 0.25) is 0 Å². The van der Waals surface area contributed by atoms with Gasteiger partial charge in [0.1, 0.15) is 17.1 Å². The van der Waals surface area contributed by atoms with E-state index in [9.17, 15) is 9.90 Å². The summed E-state index contributed by atoms with van der Waals surface area (Å²) in [5.41, 5.74) is 0.483. The van der Waals surface area contributed by atoms with Gasteiger partial charge in [-0.1, -0.05) is 13.0 Å². The maximum atomic E-state index is 13.1. The number of amides is 1. The van der Waals surface area contributed by atoms with Crippen molar-refractivity contribution in [3.8, 4) is 11.5 Å². The van der Waals surface area contributed by atoms with E-state index in [1.165, 1.54) is 0 Å². The van der Waals surface area contributed by atoms with Gasteiger partial charge >= 0.3 is 0 Å². The minimum Gasteiger partial charge on any atom is -0.496 e. The van der Waals surface area contributed by atoms with Gasteiger partial charge in [0.05, 0.1) is 33.0 Å². The SMILES string of the molecule is CC[C@@H](O)CN1CCO[C@@H](CN2CCN(C(=O)c3c(OC)cccc3OC)CC2)C1. The van der Waals surface area contributed by atoms with Gasteiger partial charge in [-0.3, -0.25) is 14.6 Å². The fourth-order valence-corrected chi connectivity index (χ4v) is 4.13. The molecule has 8 heteroatoms. The largest absolute Gasteiger partial charge is 0.496 e. The number of rotatable bonds is 8. The van der Waals surface area contributed by atoms with Gasteiger partial charge in [-0.15, -0.1) is 0 Å². The van der Waals surface area contributed by atoms with E-state index in [1.807, 2.05) is 17.9 Å². The number of carbonyl (C=O) groups excluding carboxylic acids is 1. The van der Waals surface area contributed by atoms with Crippen molar-refractivity contribution in [2.75, 3.05) is 73.2 Å². The van der Waals surface area contributed by atoms with Crippen molar-refractivity contribution in [3.63, 3.8) is 0 Å². The van der Waals surface area contributed by atoms with Crippen LogP contribution in [0.3, 0.4) is 0 Å². The molecule has 0 aliphatic carbocycles. The zero-order valence-electron chi connectivity index (χ0n) is 18.4. The van der Waals surface area contributed by atoms with E-state index in [2.05, 4.69) is 9.80 Å². The summed E-state index contributed by atoms with van der Waals surface area (Å²) in [4.78, 5) is 19.6. The lowest BCUT2D eigenvalue weighted by molar-refractivity contribution is -0.0565. The minimum absolute atomic E-state index is 0.0578. The Labute approximate surface area is 179 Å². The smallest absolute Gasteiger partial charge is 0.261 e. The Morgan fingerprint density at radius 3 is 2.40 bits per heavy atom. The van der Waals surface area contributed by atoms with Gasteiger partial charge in [-0.05, 0) is 18.6 Å². The van der Waals surface area contributed by atoms with E-state index in [0.29, 0.717) is 43.3 Å². The molecule has 1 N–H and O–H groups in total. The fourth-order valence-electron chi connectivity index (χ4n) is 4.13. The van der Waals surface area contributed by atoms with Crippen LogP contribution >= 0.6 is 0 Å². The summed E-state index contributed by atoms with van der Waals surface area (Å²) >= 11 is 0. The van der Waals surface area contributed by atoms with E-state index in [4.69, 9.17) is 14.2 Å². The average Bonchev–Trinajstić information content (AvgIpc) is 2.78. The molecule has 2 saturated heterocycles. The summed E-state index contributed by atoms with van der Waals surface area (Å²) in [7, 11) is 3.13. The Morgan fingerprint density at radius 1 is 1.13 bits per heavy atom. The summed E-state index contributed by atoms with van der Waals surface area (Å²) in [5.74, 6) is 1.01. The predicted octanol–water partition coefficient (Wildman–Crippen LogP) is 0.933. The third-order valence-electron chi connectivity index (χ3n) is 5.93. The van der Waals surface area contributed by atoms with Crippen LogP contribution in [0.25, 0.3) is 0 Å². The predicted molar refractivity (Wildman–Crippen MR) is 114 cm³/mol. The van der Waals surface area contributed by atoms with Crippen LogP contribution in [-0.2, 0) is 4.74 Å². The number of aliphatic hydroxyl groups excluding tert-OH is 1. The van der Waals surface area contributed by atoms with Crippen molar-refractivity contribution in [2.24, 2.45) is 0 Å². The number of ether oxygens (including phenoxy) is 3. The zero-order chi connectivity index (χ0) is 21.5. The van der Waals surface area contributed by atoms with Crippen LogP contribution in [-0.4, -0.2) is 111 Å². The number of β-amino-alcohol motifs (C(OH)–C–C–N with tert-alkyl or cyclic N) is 1. The second-order valence-electron chi connectivity index (χ2n) is 7.94. The molecule has 0 bridgehead atoms. The lowest BCUT2D eigenvalue weighted by Crippen LogP contribution is -2.54. The molecule has 168 valence electrons. The van der Waals surface area contributed by atoms with Crippen molar-refractivity contribution in [1.29, 1.82) is 0 Å². The Morgan fingerprint density at radius 2 is 1.80 bits per heavy atom. The van der Waals surface area contributed by atoms with Crippen molar-refractivity contribution < 1.29 is 24.1 Å². The lowest BCUT2D eigenvalue weighted by atomic mass is 10.1. The quantitative estimate of drug-likeness (QED) is 0.669. The molecule has 0 aromatic heterocycles. The normalized spacial score (nSPS) is 22.0. The molecule has 1 aromatic rings. The molecule has 0 spiro atoms. The molecule has 3 rings (SSSR count). The van der Waals surface area contributed by atoms with E-state index in [1.54, 1.807) is 26.4 Å². The second-order valence-corrected chi connectivity index (χ2v) is 7.94. The second kappa shape index (κ2) is 10.9. The molecule has 2 atom stereocenters. The average molecular weight is 422 g/mol. The number of aliphatic hydroxyl groups is 1. The van der Waals surface area contributed by atoms with Crippen LogP contribution < -0.4 is 9.47 Å². The standard InChI is InChI=1S/C22H35N3O5/c1-4-17(26)14-24-12-13-30-18(16-24)15-23-8-10-25(11-9-23)22(27)21-19(28-2)6-5-7-20(21)29-3/h5-7,17-18,26H,4,8-16H2,1-3H3/t17-,18+/m1/s1. The van der Waals surface area contributed by atoms with Gasteiger partial charge < -0.3 is 24.2 Å². The Bertz CT molecular complexity index is 671. The lowest BCUT2D eigenvalue weighted by Gasteiger charge is -2.39. The Kier molecular flexibility index (Phi) is 8.32. The van der Waals surface area contributed by atoms with Crippen LogP contribution in [0.5, 0.6) is 11.5 Å². The highest BCUT2D eigenvalue weighted by Gasteiger charge is 2.29. The van der Waals surface area contributed by atoms with Crippen LogP contribution in [0.15, 0.2) is 18.2 Å². The molecule has 2 heterocycles. The van der Waals surface area contributed by atoms with Gasteiger partial charge in [-0.2, -0.15) is 0 Å². The van der Waals surface area contributed by atoms with Crippen molar-refractivity contribution >= 4 is 5.91 Å². The van der Waals surface area contributed by atoms with E-state index < -0.39 is 0 Å². The Hall–Kier alpha value is -1.87. The molecule has 1 amide bonds. The number of carbonyl (C=O) groups is 1. The monoisotopic (exact) mass is 421 g/mol. The zero-order valence-corrected chi connectivity index (χ0v) is 18.4. The third-order valence-corrected chi connectivity index (χ3v) is 5.93. The molecule has 2 aliphatic heterocycles. The molecule has 0 saturated carbocycles. The number of morpholine rings is 1. The highest BCUT2D eigenvalue weighted by atomic mass is 16.5. The first kappa shape index (κ1) is 22.8. The molecular weight excluding hydrogens is 386 g/mol. The first-order chi connectivity index (χ1) is 14.5. The number of benzene rings is 1. The van der Waals surface area contributed by atoms with Crippen LogP contribution in [0, 0.1) is 0 Å². The molecular formula is C22H35N3O5. The maximum Gasteiger partial charge on any atom is 0.261 e. The van der Waals surface area contributed by atoms with Gasteiger partial charge in [-0.25, -0.2) is 0 Å². The fraction of sp³-hybridized carbons (Fsp3) is 0.682. The van der Waals surface area contributed by atoms with E-state index >= 15 is 0 Å². The molecule has 8 nitrogen and oxygen atoms in total. The molecule has 0 unspecified atom stereocenters. The van der Waals surface area contributed by atoms with E-state index in [-0.39, 0.29) is 18.1 Å². The number of nitrogens with zero attached hydrogens (tertiary/aromatic N) is 3. The molecule has 0 radical (unpaired) electrons. The summed E-state index contributed by atoms with van der Waals surface area (Å²) in [5, 5.41) is 9.92. The van der Waals surface area contributed by atoms with Gasteiger partial charge in [0.25, 0.3) is 5.91 Å². The number of hydrogen-bond donors (Lipinski definition) is 1. The summed E-state index contributed by atoms with van der Waals surface area (Å²) in [6, 6.07) is 5.39. The van der Waals surface area contributed by atoms with Crippen LogP contribution in [0.1, 0.15) is 23.7 Å². The van der Waals surface area contributed by atoms with Crippen molar-refractivity contribution in [3.05, 3.63) is 23.8 Å². The first-order valence-corrected chi connectivity index (χ1v) is 10.8. The third kappa shape index (κ3) is 5.63. The first-order valence-electron chi connectivity index (χ1n) is 10.8. The Balaban J connectivity index is 1.52. The molecule has 2 fully saturated rings. The molecule has 30 heavy (non-hydrogen) atoms. The van der Waals surface area contributed by atoms with Gasteiger partial charge in [0.2, 0.25) is 0 Å². The van der Waals surface area contributed by atoms with E-state index in [0.717, 1.165) is 39.1 Å². The topological polar surface area (TPSA) is 74.7 Å². The summed E-state index contributed by atoms with van der Waals surface area (Å²) < 4.78 is 16.7. The highest BCUT2D eigenvalue weighted by molar-refractivity contribution is 5.99. The number of piperazine rings is 1. The molecule has 2 aliphatic rings. The van der Waals surface area contributed by atoms with Crippen LogP contribution in [0.4, 0.5) is 0 Å². The summed E-state index contributed by atoms with van der Waals surface area (Å²) in [6.45, 7) is 8.90. The highest BCUT2D eigenvalue weighted by Crippen LogP contribution is 2.29. The maximum absolute atomic E-state index is 13.1. The van der Waals surface area contributed by atoms with Crippen molar-refractivity contribution in [1.82, 2.24) is 14.7 Å². The van der Waals surface area contributed by atoms with Gasteiger partial charge in [0.15, 0.2) is 0 Å². The summed E-state index contributed by atoms with van der Waals surface area (Å²) in [6.07, 6.45) is 0.638. The van der Waals surface area contributed by atoms with Crippen molar-refractivity contribution in [2.45, 2.75) is 25.6 Å². The number of hydrogen-bond acceptors (Lipinski definition) is 7. The number of methoxy groups -OCH3 is 2. The minimum atomic E-state index is -0.273. The molecule has 1 aromatic carbocycles. The van der Waals surface area contributed by atoms with Gasteiger partial charge in [0, 0.05) is 52.4 Å².